The summed E-state index contributed by atoms with van der Waals surface area (Å²) < 4.78 is 5.97. The number of rotatable bonds is 6. The topological polar surface area (TPSA) is 65.7 Å². The molecule has 27 heavy (non-hydrogen) atoms. The maximum absolute atomic E-state index is 5.97. The predicted molar refractivity (Wildman–Crippen MR) is 111 cm³/mol. The first-order chi connectivity index (χ1) is 13.1. The number of benzene rings is 1. The number of pyridine rings is 1. The van der Waals surface area contributed by atoms with E-state index in [1.54, 1.807) is 0 Å². The largest absolute Gasteiger partial charge is 0.459 e. The molecule has 2 heterocycles. The molecule has 3 aromatic rings. The van der Waals surface area contributed by atoms with Gasteiger partial charge in [-0.1, -0.05) is 24.3 Å². The van der Waals surface area contributed by atoms with E-state index in [4.69, 9.17) is 4.42 Å². The number of aryl methyl sites for hydroxylation is 1. The molecule has 0 aliphatic rings. The molecule has 0 aliphatic carbocycles. The van der Waals surface area contributed by atoms with Gasteiger partial charge in [-0.15, -0.1) is 0 Å². The zero-order valence-corrected chi connectivity index (χ0v) is 16.4. The maximum atomic E-state index is 5.97. The van der Waals surface area contributed by atoms with Crippen LogP contribution in [0.3, 0.4) is 0 Å². The number of para-hydroxylation sites is 1. The third kappa shape index (κ3) is 4.58. The fraction of sp³-hybridized carbons (Fsp3) is 0.333. The summed E-state index contributed by atoms with van der Waals surface area (Å²) in [6.07, 6.45) is 0. The summed E-state index contributed by atoms with van der Waals surface area (Å²) >= 11 is 0. The van der Waals surface area contributed by atoms with Crippen molar-refractivity contribution >= 4 is 22.7 Å². The van der Waals surface area contributed by atoms with Crippen molar-refractivity contribution < 1.29 is 4.42 Å². The van der Waals surface area contributed by atoms with Gasteiger partial charge in [0.1, 0.15) is 17.2 Å². The van der Waals surface area contributed by atoms with Gasteiger partial charge in [-0.25, -0.2) is 9.98 Å². The van der Waals surface area contributed by atoms with Crippen LogP contribution in [-0.2, 0) is 13.1 Å². The molecule has 0 spiro atoms. The summed E-state index contributed by atoms with van der Waals surface area (Å²) in [4.78, 5) is 11.3. The second kappa shape index (κ2) is 8.58. The lowest BCUT2D eigenvalue weighted by Gasteiger charge is -2.13. The van der Waals surface area contributed by atoms with Crippen LogP contribution < -0.4 is 15.5 Å². The molecule has 2 N–H and O–H groups in total. The predicted octanol–water partition coefficient (Wildman–Crippen LogP) is 3.46. The average Bonchev–Trinajstić information content (AvgIpc) is 3.00. The van der Waals surface area contributed by atoms with Crippen molar-refractivity contribution in [1.29, 1.82) is 0 Å². The van der Waals surface area contributed by atoms with Gasteiger partial charge in [0, 0.05) is 31.6 Å². The van der Waals surface area contributed by atoms with Gasteiger partial charge >= 0.3 is 0 Å². The Kier molecular flexibility index (Phi) is 5.96. The molecular weight excluding hydrogens is 338 g/mol. The number of anilines is 1. The summed E-state index contributed by atoms with van der Waals surface area (Å²) in [7, 11) is 3.97. The highest BCUT2D eigenvalue weighted by atomic mass is 16.3. The third-order valence-corrected chi connectivity index (χ3v) is 4.35. The highest BCUT2D eigenvalue weighted by molar-refractivity contribution is 5.83. The van der Waals surface area contributed by atoms with Crippen LogP contribution in [-0.4, -0.2) is 31.6 Å². The molecule has 0 saturated carbocycles. The van der Waals surface area contributed by atoms with Gasteiger partial charge in [0.2, 0.25) is 0 Å². The monoisotopic (exact) mass is 365 g/mol. The van der Waals surface area contributed by atoms with Crippen LogP contribution >= 0.6 is 0 Å². The van der Waals surface area contributed by atoms with E-state index < -0.39 is 0 Å². The van der Waals surface area contributed by atoms with Gasteiger partial charge in [0.05, 0.1) is 18.8 Å². The lowest BCUT2D eigenvalue weighted by atomic mass is 10.1. The average molecular weight is 365 g/mol. The summed E-state index contributed by atoms with van der Waals surface area (Å²) in [6, 6.07) is 14.1. The van der Waals surface area contributed by atoms with Crippen LogP contribution in [0.25, 0.3) is 11.0 Å². The molecule has 1 aromatic carbocycles. The Morgan fingerprint density at radius 3 is 2.67 bits per heavy atom. The molecule has 6 heteroatoms. The Labute approximate surface area is 160 Å². The van der Waals surface area contributed by atoms with Crippen LogP contribution in [0, 0.1) is 6.92 Å². The summed E-state index contributed by atoms with van der Waals surface area (Å²) in [5.74, 6) is 2.60. The minimum Gasteiger partial charge on any atom is -0.459 e. The van der Waals surface area contributed by atoms with Crippen molar-refractivity contribution in [2.24, 2.45) is 4.99 Å². The van der Waals surface area contributed by atoms with Crippen LogP contribution in [0.1, 0.15) is 23.9 Å². The van der Waals surface area contributed by atoms with Crippen LogP contribution in [0.15, 0.2) is 51.9 Å². The molecule has 0 unspecified atom stereocenters. The van der Waals surface area contributed by atoms with Crippen molar-refractivity contribution in [3.8, 4) is 0 Å². The van der Waals surface area contributed by atoms with Gasteiger partial charge in [-0.3, -0.25) is 0 Å². The number of nitrogens with one attached hydrogen (secondary N) is 2. The van der Waals surface area contributed by atoms with Crippen molar-refractivity contribution in [3.05, 3.63) is 59.5 Å². The van der Waals surface area contributed by atoms with Crippen molar-refractivity contribution in [3.63, 3.8) is 0 Å². The maximum Gasteiger partial charge on any atom is 0.192 e. The number of hydrogen-bond acceptors (Lipinski definition) is 4. The fourth-order valence-electron chi connectivity index (χ4n) is 2.86. The van der Waals surface area contributed by atoms with E-state index in [1.165, 1.54) is 0 Å². The molecule has 0 radical (unpaired) electrons. The first kappa shape index (κ1) is 18.8. The smallest absolute Gasteiger partial charge is 0.192 e. The Morgan fingerprint density at radius 1 is 1.11 bits per heavy atom. The first-order valence-corrected chi connectivity index (χ1v) is 9.21. The first-order valence-electron chi connectivity index (χ1n) is 9.21. The number of nitrogens with zero attached hydrogens (tertiary/aromatic N) is 3. The minimum atomic E-state index is 0.510. The molecule has 0 aliphatic heterocycles. The van der Waals surface area contributed by atoms with Gasteiger partial charge in [-0.05, 0) is 32.0 Å². The third-order valence-electron chi connectivity index (χ3n) is 4.35. The summed E-state index contributed by atoms with van der Waals surface area (Å²) in [5, 5.41) is 7.78. The van der Waals surface area contributed by atoms with Crippen LogP contribution in [0.2, 0.25) is 0 Å². The Hall–Kier alpha value is -3.02. The Balaban J connectivity index is 1.70. The van der Waals surface area contributed by atoms with Gasteiger partial charge in [0.15, 0.2) is 5.96 Å². The number of guanidine groups is 1. The van der Waals surface area contributed by atoms with E-state index in [2.05, 4.69) is 40.5 Å². The van der Waals surface area contributed by atoms with E-state index >= 15 is 0 Å². The van der Waals surface area contributed by atoms with E-state index in [9.17, 15) is 0 Å². The normalized spacial score (nSPS) is 11.6. The minimum absolute atomic E-state index is 0.510. The summed E-state index contributed by atoms with van der Waals surface area (Å²) in [5.41, 5.74) is 3.01. The van der Waals surface area contributed by atoms with Gasteiger partial charge in [-0.2, -0.15) is 0 Å². The second-order valence-corrected chi connectivity index (χ2v) is 6.58. The van der Waals surface area contributed by atoms with E-state index in [-0.39, 0.29) is 0 Å². The molecule has 6 nitrogen and oxygen atoms in total. The number of furan rings is 1. The van der Waals surface area contributed by atoms with Crippen LogP contribution in [0.5, 0.6) is 0 Å². The van der Waals surface area contributed by atoms with E-state index in [0.29, 0.717) is 13.1 Å². The Bertz CT molecular complexity index is 929. The molecule has 142 valence electrons. The molecule has 0 saturated heterocycles. The van der Waals surface area contributed by atoms with Crippen molar-refractivity contribution in [1.82, 2.24) is 15.6 Å². The quantitative estimate of drug-likeness (QED) is 0.517. The lowest BCUT2D eigenvalue weighted by molar-refractivity contribution is 0.534. The van der Waals surface area contributed by atoms with Gasteiger partial charge < -0.3 is 20.0 Å². The molecule has 2 aromatic heterocycles. The molecule has 0 bridgehead atoms. The summed E-state index contributed by atoms with van der Waals surface area (Å²) in [6.45, 7) is 6.02. The number of fused-ring (bicyclic) bond motifs is 1. The zero-order valence-electron chi connectivity index (χ0n) is 16.4. The highest BCUT2D eigenvalue weighted by Crippen LogP contribution is 2.24. The molecule has 3 rings (SSSR count). The molecule has 0 amide bonds. The van der Waals surface area contributed by atoms with Crippen molar-refractivity contribution in [2.45, 2.75) is 26.9 Å². The Morgan fingerprint density at radius 2 is 1.93 bits per heavy atom. The molecular formula is C21H27N5O. The highest BCUT2D eigenvalue weighted by Gasteiger charge is 2.10. The van der Waals surface area contributed by atoms with E-state index in [0.717, 1.165) is 46.3 Å². The second-order valence-electron chi connectivity index (χ2n) is 6.58. The van der Waals surface area contributed by atoms with Crippen molar-refractivity contribution in [2.75, 3.05) is 25.5 Å². The SMILES string of the molecule is CCNC(=NCc1cccc(N(C)C)n1)NCc1oc2ccccc2c1C. The zero-order chi connectivity index (χ0) is 19.2. The fourth-order valence-corrected chi connectivity index (χ4v) is 2.86. The molecule has 0 atom stereocenters. The van der Waals surface area contributed by atoms with E-state index in [1.807, 2.05) is 55.4 Å². The van der Waals surface area contributed by atoms with Gasteiger partial charge in [0.25, 0.3) is 0 Å². The number of hydrogen-bond donors (Lipinski definition) is 2. The number of aromatic nitrogens is 1. The van der Waals surface area contributed by atoms with Crippen LogP contribution in [0.4, 0.5) is 5.82 Å². The number of aliphatic imine (C=N–C) groups is 1. The lowest BCUT2D eigenvalue weighted by Crippen LogP contribution is -2.36. The molecule has 0 fully saturated rings. The standard InChI is InChI=1S/C21H27N5O/c1-5-22-21(23-13-16-9-8-12-20(25-16)26(3)4)24-14-19-15(2)17-10-6-7-11-18(17)27-19/h6-12H,5,13-14H2,1-4H3,(H2,22,23,24).